The molecule has 2 N–H and O–H groups in total. The van der Waals surface area contributed by atoms with Gasteiger partial charge in [-0.3, -0.25) is 4.79 Å². The number of nitrogens with zero attached hydrogens (tertiary/aromatic N) is 4. The largest absolute Gasteiger partial charge is 0.444 e. The van der Waals surface area contributed by atoms with Gasteiger partial charge in [0, 0.05) is 11.7 Å². The third-order valence-corrected chi connectivity index (χ3v) is 7.15. The zero-order chi connectivity index (χ0) is 30.8. The first kappa shape index (κ1) is 29.5. The number of carbonyl (C=O) groups excluding carboxylic acids is 2. The van der Waals surface area contributed by atoms with Gasteiger partial charge in [0.25, 0.3) is 5.91 Å². The van der Waals surface area contributed by atoms with E-state index in [1.165, 1.54) is 4.68 Å². The number of anilines is 1. The molecule has 1 atom stereocenters. The summed E-state index contributed by atoms with van der Waals surface area (Å²) in [7, 11) is 0. The molecule has 1 aliphatic rings. The molecule has 220 valence electrons. The van der Waals surface area contributed by atoms with Crippen molar-refractivity contribution in [2.24, 2.45) is 0 Å². The highest BCUT2D eigenvalue weighted by Gasteiger charge is 2.42. The summed E-state index contributed by atoms with van der Waals surface area (Å²) in [4.78, 5) is 28.4. The van der Waals surface area contributed by atoms with Crippen LogP contribution in [0.5, 0.6) is 0 Å². The van der Waals surface area contributed by atoms with E-state index in [-0.39, 0.29) is 12.6 Å². The molecule has 5 rings (SSSR count). The maximum Gasteiger partial charge on any atom is 0.410 e. The Morgan fingerprint density at radius 1 is 1.02 bits per heavy atom. The van der Waals surface area contributed by atoms with Crippen LogP contribution in [0, 0.1) is 18.3 Å². The zero-order valence-corrected chi connectivity index (χ0v) is 24.7. The maximum atomic E-state index is 13.5. The van der Waals surface area contributed by atoms with Gasteiger partial charge in [-0.1, -0.05) is 48.5 Å². The molecule has 43 heavy (non-hydrogen) atoms. The van der Waals surface area contributed by atoms with E-state index < -0.39 is 23.2 Å². The summed E-state index contributed by atoms with van der Waals surface area (Å²) in [6.45, 7) is 7.23. The van der Waals surface area contributed by atoms with Crippen LogP contribution < -0.4 is 5.32 Å². The van der Waals surface area contributed by atoms with Crippen molar-refractivity contribution in [1.82, 2.24) is 14.7 Å². The van der Waals surface area contributed by atoms with Crippen molar-refractivity contribution in [3.63, 3.8) is 0 Å². The summed E-state index contributed by atoms with van der Waals surface area (Å²) >= 11 is 0. The molecule has 1 saturated carbocycles. The van der Waals surface area contributed by atoms with Gasteiger partial charge in [-0.15, -0.1) is 0 Å². The lowest BCUT2D eigenvalue weighted by molar-refractivity contribution is -0.00587. The van der Waals surface area contributed by atoms with Crippen LogP contribution in [0.2, 0.25) is 0 Å². The number of amides is 2. The first-order valence-corrected chi connectivity index (χ1v) is 14.2. The second-order valence-corrected chi connectivity index (χ2v) is 11.8. The van der Waals surface area contributed by atoms with E-state index in [2.05, 4.69) is 16.5 Å². The first-order chi connectivity index (χ1) is 20.5. The molecule has 9 heteroatoms. The average Bonchev–Trinajstić information content (AvgIpc) is 3.75. The van der Waals surface area contributed by atoms with Gasteiger partial charge < -0.3 is 20.1 Å². The highest BCUT2D eigenvalue weighted by molar-refractivity contribution is 6.03. The predicted molar refractivity (Wildman–Crippen MR) is 163 cm³/mol. The van der Waals surface area contributed by atoms with Crippen LogP contribution in [-0.4, -0.2) is 50.0 Å². The van der Waals surface area contributed by atoms with E-state index in [9.17, 15) is 20.0 Å². The fourth-order valence-electron chi connectivity index (χ4n) is 4.97. The molecule has 0 spiro atoms. The Bertz CT molecular complexity index is 1680. The fourth-order valence-corrected chi connectivity index (χ4v) is 4.97. The lowest BCUT2D eigenvalue weighted by Gasteiger charge is -2.36. The molecular formula is C34H35N5O4. The molecule has 1 unspecified atom stereocenters. The number of nitriles is 1. The Morgan fingerprint density at radius 2 is 1.72 bits per heavy atom. The van der Waals surface area contributed by atoms with Crippen molar-refractivity contribution in [1.29, 1.82) is 5.26 Å². The predicted octanol–water partition coefficient (Wildman–Crippen LogP) is 5.94. The molecule has 1 heterocycles. The number of hydrogen-bond donors (Lipinski definition) is 2. The van der Waals surface area contributed by atoms with Gasteiger partial charge in [-0.2, -0.15) is 10.4 Å². The SMILES string of the molecule is Cc1cc(C(=O)Nc2cccc(C(O)(CN(C(=O)OC(C)(C)C)C3CC3)c3ccccc3)c2)n(-c2cccc(C#N)c2)n1. The minimum Gasteiger partial charge on any atom is -0.444 e. The minimum absolute atomic E-state index is 0.0176. The van der Waals surface area contributed by atoms with Crippen LogP contribution in [0.4, 0.5) is 10.5 Å². The molecule has 1 aromatic heterocycles. The highest BCUT2D eigenvalue weighted by Crippen LogP contribution is 2.37. The highest BCUT2D eigenvalue weighted by atomic mass is 16.6. The lowest BCUT2D eigenvalue weighted by atomic mass is 9.85. The van der Waals surface area contributed by atoms with E-state index in [0.29, 0.717) is 39.5 Å². The third kappa shape index (κ3) is 6.76. The fraction of sp³-hybridized carbons (Fsp3) is 0.294. The standard InChI is InChI=1S/C34H35N5O4/c1-23-18-30(39(37-23)29-15-8-10-24(19-29)21-35)31(40)36-27-14-9-13-26(20-27)34(42,25-11-6-5-7-12-25)22-38(28-16-17-28)32(41)43-33(2,3)4/h5-15,18-20,28,42H,16-17,22H2,1-4H3,(H,36,40). The van der Waals surface area contributed by atoms with E-state index in [1.807, 2.05) is 51.1 Å². The Morgan fingerprint density at radius 3 is 2.40 bits per heavy atom. The molecule has 3 aromatic carbocycles. The summed E-state index contributed by atoms with van der Waals surface area (Å²) in [5.74, 6) is -0.406. The van der Waals surface area contributed by atoms with E-state index in [4.69, 9.17) is 4.74 Å². The molecule has 0 radical (unpaired) electrons. The monoisotopic (exact) mass is 577 g/mol. The third-order valence-electron chi connectivity index (χ3n) is 7.15. The molecule has 4 aromatic rings. The first-order valence-electron chi connectivity index (χ1n) is 14.2. The van der Waals surface area contributed by atoms with Gasteiger partial charge in [0.15, 0.2) is 0 Å². The number of aliphatic hydroxyl groups is 1. The molecule has 1 aliphatic carbocycles. The lowest BCUT2D eigenvalue weighted by Crippen LogP contribution is -2.47. The van der Waals surface area contributed by atoms with Crippen molar-refractivity contribution in [3.05, 3.63) is 113 Å². The van der Waals surface area contributed by atoms with Crippen molar-refractivity contribution >= 4 is 17.7 Å². The quantitative estimate of drug-likeness (QED) is 0.267. The molecule has 0 aliphatic heterocycles. The summed E-state index contributed by atoms with van der Waals surface area (Å²) in [5.41, 5.74) is 1.29. The van der Waals surface area contributed by atoms with Crippen molar-refractivity contribution in [2.75, 3.05) is 11.9 Å². The van der Waals surface area contributed by atoms with Crippen molar-refractivity contribution in [3.8, 4) is 11.8 Å². The average molecular weight is 578 g/mol. The number of nitrogens with one attached hydrogen (secondary N) is 1. The molecular weight excluding hydrogens is 542 g/mol. The maximum absolute atomic E-state index is 13.5. The van der Waals surface area contributed by atoms with E-state index in [1.54, 1.807) is 66.4 Å². The number of aryl methyl sites for hydroxylation is 1. The Labute approximate surface area is 251 Å². The van der Waals surface area contributed by atoms with Gasteiger partial charge in [-0.05, 0) is 88.1 Å². The molecule has 0 bridgehead atoms. The van der Waals surface area contributed by atoms with Gasteiger partial charge in [-0.25, -0.2) is 9.48 Å². The van der Waals surface area contributed by atoms with Crippen LogP contribution in [0.25, 0.3) is 5.69 Å². The van der Waals surface area contributed by atoms with Gasteiger partial charge >= 0.3 is 6.09 Å². The van der Waals surface area contributed by atoms with Crippen LogP contribution in [0.3, 0.4) is 0 Å². The number of carbonyl (C=O) groups is 2. The van der Waals surface area contributed by atoms with Crippen molar-refractivity contribution in [2.45, 2.75) is 57.8 Å². The second-order valence-electron chi connectivity index (χ2n) is 11.8. The second kappa shape index (κ2) is 11.7. The van der Waals surface area contributed by atoms with Gasteiger partial charge in [0.2, 0.25) is 0 Å². The van der Waals surface area contributed by atoms with Crippen molar-refractivity contribution < 1.29 is 19.4 Å². The summed E-state index contributed by atoms with van der Waals surface area (Å²) in [6, 6.07) is 26.8. The zero-order valence-electron chi connectivity index (χ0n) is 24.7. The molecule has 2 amide bonds. The smallest absolute Gasteiger partial charge is 0.410 e. The normalized spacial score (nSPS) is 14.3. The minimum atomic E-state index is -1.59. The summed E-state index contributed by atoms with van der Waals surface area (Å²) in [5, 5.41) is 29.1. The summed E-state index contributed by atoms with van der Waals surface area (Å²) < 4.78 is 7.21. The molecule has 0 saturated heterocycles. The Kier molecular flexibility index (Phi) is 8.07. The van der Waals surface area contributed by atoms with Crippen LogP contribution >= 0.6 is 0 Å². The number of ether oxygens (including phenoxy) is 1. The van der Waals surface area contributed by atoms with Crippen LogP contribution in [0.1, 0.15) is 66.5 Å². The Hall–Kier alpha value is -4.94. The topological polar surface area (TPSA) is 120 Å². The van der Waals surface area contributed by atoms with Crippen LogP contribution in [-0.2, 0) is 10.3 Å². The molecule has 9 nitrogen and oxygen atoms in total. The number of hydrogen-bond acceptors (Lipinski definition) is 6. The number of benzene rings is 3. The number of aromatic nitrogens is 2. The molecule has 1 fully saturated rings. The number of rotatable bonds is 8. The van der Waals surface area contributed by atoms with Gasteiger partial charge in [0.05, 0.1) is 29.6 Å². The van der Waals surface area contributed by atoms with Crippen LogP contribution in [0.15, 0.2) is 84.9 Å². The van der Waals surface area contributed by atoms with Gasteiger partial charge in [0.1, 0.15) is 16.9 Å². The summed E-state index contributed by atoms with van der Waals surface area (Å²) in [6.07, 6.45) is 1.20. The Balaban J connectivity index is 1.47. The van der Waals surface area contributed by atoms with E-state index >= 15 is 0 Å². The van der Waals surface area contributed by atoms with E-state index in [0.717, 1.165) is 12.8 Å².